The summed E-state index contributed by atoms with van der Waals surface area (Å²) in [6.07, 6.45) is 0. The third kappa shape index (κ3) is 7.63. The molecule has 0 N–H and O–H groups in total. The molecule has 3 heterocycles. The van der Waals surface area contributed by atoms with Crippen molar-refractivity contribution in [2.45, 2.75) is 0 Å². The van der Waals surface area contributed by atoms with Crippen molar-refractivity contribution in [3.05, 3.63) is 261 Å². The largest absolute Gasteiger partial charge is 0.455 e. The highest BCUT2D eigenvalue weighted by atomic mass is 16.3. The monoisotopic (exact) mass is 945 g/mol. The number of hydrogen-bond acceptors (Lipinski definition) is 5. The number of para-hydroxylation sites is 2. The van der Waals surface area contributed by atoms with Gasteiger partial charge in [-0.15, -0.1) is 0 Å². The molecule has 5 heteroatoms. The molecule has 3 aromatic heterocycles. The van der Waals surface area contributed by atoms with E-state index >= 15 is 0 Å². The summed E-state index contributed by atoms with van der Waals surface area (Å²) in [5, 5.41) is 4.19. The van der Waals surface area contributed by atoms with Crippen molar-refractivity contribution < 1.29 is 8.83 Å². The Morgan fingerprint density at radius 2 is 0.622 bits per heavy atom. The molecule has 0 bridgehead atoms. The van der Waals surface area contributed by atoms with Gasteiger partial charge in [0.25, 0.3) is 0 Å². The van der Waals surface area contributed by atoms with Crippen LogP contribution >= 0.6 is 0 Å². The van der Waals surface area contributed by atoms with Gasteiger partial charge in [-0.1, -0.05) is 237 Å². The SMILES string of the molecule is c1ccc(-c2cc(-c3ccccc3)c3oc4cccc(-c5nc(-c6ccccc6)nc(-c6ccc(-c7ccc(-c8cccc(-c9cccc%10c9oc9c(-c%11ccccc%11)cccc9%10)c8)cc7)cc6)n5)c4c3c2)cc1. The van der Waals surface area contributed by atoms with Gasteiger partial charge in [-0.25, -0.2) is 15.0 Å². The summed E-state index contributed by atoms with van der Waals surface area (Å²) in [7, 11) is 0. The fraction of sp³-hybridized carbons (Fsp3) is 0. The molecule has 0 aliphatic heterocycles. The predicted molar refractivity (Wildman–Crippen MR) is 303 cm³/mol. The van der Waals surface area contributed by atoms with Crippen LogP contribution in [0.1, 0.15) is 0 Å². The quantitative estimate of drug-likeness (QED) is 0.144. The molecule has 14 aromatic rings. The lowest BCUT2D eigenvalue weighted by Crippen LogP contribution is -2.00. The second-order valence-electron chi connectivity index (χ2n) is 18.7. The minimum Gasteiger partial charge on any atom is -0.455 e. The highest BCUT2D eigenvalue weighted by Crippen LogP contribution is 2.44. The molecule has 0 radical (unpaired) electrons. The third-order valence-corrected chi connectivity index (χ3v) is 14.2. The van der Waals surface area contributed by atoms with Crippen molar-refractivity contribution in [2.24, 2.45) is 0 Å². The van der Waals surface area contributed by atoms with Crippen LogP contribution < -0.4 is 0 Å². The van der Waals surface area contributed by atoms with Gasteiger partial charge in [0.1, 0.15) is 22.3 Å². The lowest BCUT2D eigenvalue weighted by Gasteiger charge is -2.11. The van der Waals surface area contributed by atoms with Crippen molar-refractivity contribution in [1.82, 2.24) is 15.0 Å². The van der Waals surface area contributed by atoms with Crippen molar-refractivity contribution in [3.63, 3.8) is 0 Å². The molecule has 11 aromatic carbocycles. The molecule has 0 spiro atoms. The minimum atomic E-state index is 0.573. The molecule has 0 saturated heterocycles. The van der Waals surface area contributed by atoms with Crippen LogP contribution in [0.25, 0.3) is 145 Å². The van der Waals surface area contributed by atoms with Gasteiger partial charge in [-0.2, -0.15) is 0 Å². The number of rotatable bonds is 9. The van der Waals surface area contributed by atoms with Crippen LogP contribution in [0.4, 0.5) is 0 Å². The van der Waals surface area contributed by atoms with E-state index in [0.29, 0.717) is 17.5 Å². The number of fused-ring (bicyclic) bond motifs is 6. The maximum absolute atomic E-state index is 6.80. The molecule has 0 fully saturated rings. The maximum atomic E-state index is 6.80. The van der Waals surface area contributed by atoms with Gasteiger partial charge >= 0.3 is 0 Å². The van der Waals surface area contributed by atoms with Crippen molar-refractivity contribution >= 4 is 43.9 Å². The maximum Gasteiger partial charge on any atom is 0.164 e. The fourth-order valence-corrected chi connectivity index (χ4v) is 10.5. The van der Waals surface area contributed by atoms with Gasteiger partial charge in [0.15, 0.2) is 17.5 Å². The zero-order valence-corrected chi connectivity index (χ0v) is 40.0. The average molecular weight is 946 g/mol. The predicted octanol–water partition coefficient (Wildman–Crippen LogP) is 18.7. The molecule has 5 nitrogen and oxygen atoms in total. The van der Waals surface area contributed by atoms with E-state index in [1.807, 2.05) is 60.7 Å². The molecule has 0 unspecified atom stereocenters. The Bertz CT molecular complexity index is 4380. The van der Waals surface area contributed by atoms with Gasteiger partial charge < -0.3 is 8.83 Å². The van der Waals surface area contributed by atoms with E-state index in [9.17, 15) is 0 Å². The first kappa shape index (κ1) is 42.9. The van der Waals surface area contributed by atoms with Crippen molar-refractivity contribution in [2.75, 3.05) is 0 Å². The Kier molecular flexibility index (Phi) is 10.4. The fourth-order valence-electron chi connectivity index (χ4n) is 10.5. The Hall–Kier alpha value is -9.97. The molecule has 0 atom stereocenters. The highest BCUT2D eigenvalue weighted by molar-refractivity contribution is 6.16. The Labute approximate surface area is 427 Å². The summed E-state index contributed by atoms with van der Waals surface area (Å²) in [5.41, 5.74) is 19.3. The first-order valence-electron chi connectivity index (χ1n) is 24.9. The van der Waals surface area contributed by atoms with E-state index in [-0.39, 0.29) is 0 Å². The number of furan rings is 2. The summed E-state index contributed by atoms with van der Waals surface area (Å²) >= 11 is 0. The highest BCUT2D eigenvalue weighted by Gasteiger charge is 2.22. The van der Waals surface area contributed by atoms with Crippen LogP contribution in [-0.4, -0.2) is 15.0 Å². The van der Waals surface area contributed by atoms with Gasteiger partial charge in [0, 0.05) is 54.9 Å². The summed E-state index contributed by atoms with van der Waals surface area (Å²) < 4.78 is 13.6. The van der Waals surface area contributed by atoms with Gasteiger partial charge in [-0.05, 0) is 74.3 Å². The standard InChI is InChI=1S/C69H43N3O2/c1-5-17-44(18-6-1)54-42-60(49-21-9-3-10-22-49)66-61(43-54)63-59(31-16-32-62(63)73-66)69-71-67(50-23-11-4-12-24-50)70-68(72-69)51-39-37-46(38-40-51)45-33-35-47(36-34-45)52-25-13-26-53(41-52)56-28-15-30-58-57-29-14-27-55(64(57)74-65(56)58)48-19-7-2-8-20-48/h1-43H. The molecular weight excluding hydrogens is 903 g/mol. The van der Waals surface area contributed by atoms with Crippen LogP contribution in [-0.2, 0) is 0 Å². The van der Waals surface area contributed by atoms with E-state index in [1.165, 1.54) is 0 Å². The number of hydrogen-bond donors (Lipinski definition) is 0. The molecule has 0 aliphatic rings. The molecule has 74 heavy (non-hydrogen) atoms. The van der Waals surface area contributed by atoms with E-state index in [2.05, 4.69) is 200 Å². The third-order valence-electron chi connectivity index (χ3n) is 14.2. The van der Waals surface area contributed by atoms with Crippen LogP contribution in [0.3, 0.4) is 0 Å². The summed E-state index contributed by atoms with van der Waals surface area (Å²) in [4.78, 5) is 15.5. The van der Waals surface area contributed by atoms with Crippen LogP contribution in [0.15, 0.2) is 270 Å². The number of nitrogens with zero attached hydrogens (tertiary/aromatic N) is 3. The van der Waals surface area contributed by atoms with Crippen LogP contribution in [0.2, 0.25) is 0 Å². The second kappa shape index (κ2) is 18.0. The molecule has 14 rings (SSSR count). The normalized spacial score (nSPS) is 11.5. The molecule has 0 amide bonds. The topological polar surface area (TPSA) is 65.0 Å². The zero-order chi connectivity index (χ0) is 49.0. The van der Waals surface area contributed by atoms with E-state index in [1.54, 1.807) is 0 Å². The van der Waals surface area contributed by atoms with Crippen LogP contribution in [0.5, 0.6) is 0 Å². The lowest BCUT2D eigenvalue weighted by molar-refractivity contribution is 0.670. The first-order valence-corrected chi connectivity index (χ1v) is 24.9. The minimum absolute atomic E-state index is 0.573. The molecule has 0 aliphatic carbocycles. The van der Waals surface area contributed by atoms with E-state index in [0.717, 1.165) is 127 Å². The Morgan fingerprint density at radius 3 is 1.23 bits per heavy atom. The van der Waals surface area contributed by atoms with Crippen molar-refractivity contribution in [1.29, 1.82) is 0 Å². The van der Waals surface area contributed by atoms with Gasteiger partial charge in [-0.3, -0.25) is 0 Å². The summed E-state index contributed by atoms with van der Waals surface area (Å²) in [6.45, 7) is 0. The summed E-state index contributed by atoms with van der Waals surface area (Å²) in [5.74, 6) is 1.76. The summed E-state index contributed by atoms with van der Waals surface area (Å²) in [6, 6.07) is 91.0. The Morgan fingerprint density at radius 1 is 0.216 bits per heavy atom. The van der Waals surface area contributed by atoms with E-state index in [4.69, 9.17) is 23.8 Å². The van der Waals surface area contributed by atoms with Crippen molar-refractivity contribution in [3.8, 4) is 101 Å². The van der Waals surface area contributed by atoms with E-state index < -0.39 is 0 Å². The zero-order valence-electron chi connectivity index (χ0n) is 40.0. The van der Waals surface area contributed by atoms with Gasteiger partial charge in [0.2, 0.25) is 0 Å². The average Bonchev–Trinajstić information content (AvgIpc) is 4.08. The second-order valence-corrected chi connectivity index (χ2v) is 18.7. The molecular formula is C69H43N3O2. The van der Waals surface area contributed by atoms with Crippen LogP contribution in [0, 0.1) is 0 Å². The van der Waals surface area contributed by atoms with Gasteiger partial charge in [0.05, 0.1) is 0 Å². The first-order chi connectivity index (χ1) is 36.7. The molecule has 346 valence electrons. The number of benzene rings is 11. The lowest BCUT2D eigenvalue weighted by atomic mass is 9.95. The smallest absolute Gasteiger partial charge is 0.164 e. The Balaban J connectivity index is 0.805. The molecule has 0 saturated carbocycles. The number of aromatic nitrogens is 3.